The molecule has 2 aromatic rings. The molecular weight excluding hydrogens is 210 g/mol. The largest absolute Gasteiger partial charge is 0.397 e. The zero-order valence-corrected chi connectivity index (χ0v) is 9.98. The van der Waals surface area contributed by atoms with Crippen LogP contribution in [0.4, 0.5) is 11.4 Å². The first-order valence-corrected chi connectivity index (χ1v) is 5.75. The second kappa shape index (κ2) is 5.34. The third kappa shape index (κ3) is 2.97. The Kier molecular flexibility index (Phi) is 3.60. The fraction of sp³-hybridized carbons (Fsp3) is 0.214. The summed E-state index contributed by atoms with van der Waals surface area (Å²) < 4.78 is 0. The van der Waals surface area contributed by atoms with Gasteiger partial charge in [-0.25, -0.2) is 0 Å². The van der Waals surface area contributed by atoms with Crippen LogP contribution < -0.4 is 11.1 Å². The molecule has 0 aliphatic heterocycles. The molecule has 1 aromatic heterocycles. The summed E-state index contributed by atoms with van der Waals surface area (Å²) in [7, 11) is 0. The van der Waals surface area contributed by atoms with Crippen LogP contribution >= 0.6 is 0 Å². The number of benzene rings is 1. The molecule has 3 nitrogen and oxygen atoms in total. The van der Waals surface area contributed by atoms with Crippen molar-refractivity contribution >= 4 is 11.4 Å². The van der Waals surface area contributed by atoms with E-state index in [-0.39, 0.29) is 0 Å². The van der Waals surface area contributed by atoms with Gasteiger partial charge >= 0.3 is 0 Å². The number of nitrogens with one attached hydrogen (secondary N) is 1. The summed E-state index contributed by atoms with van der Waals surface area (Å²) >= 11 is 0. The predicted molar refractivity (Wildman–Crippen MR) is 72.0 cm³/mol. The molecule has 0 unspecified atom stereocenters. The SMILES string of the molecule is Cc1cccc(NCCc2ccncc2)c1N. The molecule has 0 aliphatic carbocycles. The van der Waals surface area contributed by atoms with Gasteiger partial charge in [-0.05, 0) is 42.7 Å². The lowest BCUT2D eigenvalue weighted by Crippen LogP contribution is -2.07. The molecule has 17 heavy (non-hydrogen) atoms. The minimum Gasteiger partial charge on any atom is -0.397 e. The fourth-order valence-electron chi connectivity index (χ4n) is 1.73. The number of rotatable bonds is 4. The van der Waals surface area contributed by atoms with Crippen LogP contribution in [0, 0.1) is 6.92 Å². The van der Waals surface area contributed by atoms with Crippen molar-refractivity contribution in [3.63, 3.8) is 0 Å². The van der Waals surface area contributed by atoms with Crippen molar-refractivity contribution < 1.29 is 0 Å². The minimum atomic E-state index is 0.835. The zero-order chi connectivity index (χ0) is 12.1. The van der Waals surface area contributed by atoms with Gasteiger partial charge in [0.2, 0.25) is 0 Å². The van der Waals surface area contributed by atoms with E-state index in [1.54, 1.807) is 0 Å². The summed E-state index contributed by atoms with van der Waals surface area (Å²) in [5.74, 6) is 0. The molecule has 0 spiro atoms. The summed E-state index contributed by atoms with van der Waals surface area (Å²) in [4.78, 5) is 4.00. The Morgan fingerprint density at radius 2 is 1.94 bits per heavy atom. The van der Waals surface area contributed by atoms with Crippen LogP contribution in [0.2, 0.25) is 0 Å². The van der Waals surface area contributed by atoms with Gasteiger partial charge < -0.3 is 11.1 Å². The maximum Gasteiger partial charge on any atom is 0.0579 e. The van der Waals surface area contributed by atoms with Crippen LogP contribution in [0.15, 0.2) is 42.7 Å². The average Bonchev–Trinajstić information content (AvgIpc) is 2.36. The molecule has 2 rings (SSSR count). The number of aromatic nitrogens is 1. The van der Waals surface area contributed by atoms with E-state index in [1.165, 1.54) is 5.56 Å². The van der Waals surface area contributed by atoms with Crippen LogP contribution in [0.1, 0.15) is 11.1 Å². The number of nitrogens with two attached hydrogens (primary N) is 1. The van der Waals surface area contributed by atoms with Crippen molar-refractivity contribution in [3.8, 4) is 0 Å². The van der Waals surface area contributed by atoms with E-state index in [9.17, 15) is 0 Å². The van der Waals surface area contributed by atoms with Crippen molar-refractivity contribution in [2.75, 3.05) is 17.6 Å². The Morgan fingerprint density at radius 3 is 2.71 bits per heavy atom. The first-order chi connectivity index (χ1) is 8.27. The first kappa shape index (κ1) is 11.5. The van der Waals surface area contributed by atoms with Gasteiger partial charge in [0.25, 0.3) is 0 Å². The molecule has 0 radical (unpaired) electrons. The molecule has 0 bridgehead atoms. The smallest absolute Gasteiger partial charge is 0.0579 e. The molecule has 0 atom stereocenters. The molecule has 0 fully saturated rings. The number of hydrogen-bond donors (Lipinski definition) is 2. The molecule has 0 saturated heterocycles. The number of pyridine rings is 1. The van der Waals surface area contributed by atoms with Gasteiger partial charge in [0, 0.05) is 18.9 Å². The van der Waals surface area contributed by atoms with E-state index in [1.807, 2.05) is 49.6 Å². The minimum absolute atomic E-state index is 0.835. The fourth-order valence-corrected chi connectivity index (χ4v) is 1.73. The summed E-state index contributed by atoms with van der Waals surface area (Å²) in [6, 6.07) is 10.1. The third-order valence-electron chi connectivity index (χ3n) is 2.80. The normalized spacial score (nSPS) is 10.2. The van der Waals surface area contributed by atoms with Crippen molar-refractivity contribution in [1.29, 1.82) is 0 Å². The third-order valence-corrected chi connectivity index (χ3v) is 2.80. The molecule has 0 aliphatic rings. The Balaban J connectivity index is 1.93. The second-order valence-electron chi connectivity index (χ2n) is 4.07. The van der Waals surface area contributed by atoms with E-state index in [0.717, 1.165) is 29.9 Å². The summed E-state index contributed by atoms with van der Waals surface area (Å²) in [5.41, 5.74) is 10.2. The highest BCUT2D eigenvalue weighted by atomic mass is 14.9. The van der Waals surface area contributed by atoms with Crippen LogP contribution in [-0.2, 0) is 6.42 Å². The van der Waals surface area contributed by atoms with E-state index >= 15 is 0 Å². The first-order valence-electron chi connectivity index (χ1n) is 5.75. The highest BCUT2D eigenvalue weighted by Crippen LogP contribution is 2.21. The Labute approximate surface area is 102 Å². The quantitative estimate of drug-likeness (QED) is 0.789. The monoisotopic (exact) mass is 227 g/mol. The van der Waals surface area contributed by atoms with Crippen molar-refractivity contribution in [1.82, 2.24) is 4.98 Å². The van der Waals surface area contributed by atoms with E-state index in [4.69, 9.17) is 5.73 Å². The summed E-state index contributed by atoms with van der Waals surface area (Å²) in [5, 5.41) is 3.36. The predicted octanol–water partition coefficient (Wildman–Crippen LogP) is 2.63. The van der Waals surface area contributed by atoms with Crippen molar-refractivity contribution in [2.45, 2.75) is 13.3 Å². The number of anilines is 2. The van der Waals surface area contributed by atoms with E-state index in [2.05, 4.69) is 10.3 Å². The second-order valence-corrected chi connectivity index (χ2v) is 4.07. The van der Waals surface area contributed by atoms with Crippen molar-refractivity contribution in [3.05, 3.63) is 53.9 Å². The van der Waals surface area contributed by atoms with Gasteiger partial charge in [0.1, 0.15) is 0 Å². The van der Waals surface area contributed by atoms with Gasteiger partial charge in [-0.3, -0.25) is 4.98 Å². The standard InChI is InChI=1S/C14H17N3/c1-11-3-2-4-13(14(11)15)17-10-7-12-5-8-16-9-6-12/h2-6,8-9,17H,7,10,15H2,1H3. The maximum atomic E-state index is 5.99. The summed E-state index contributed by atoms with van der Waals surface area (Å²) in [6.45, 7) is 2.89. The Hall–Kier alpha value is -2.03. The topological polar surface area (TPSA) is 50.9 Å². The van der Waals surface area contributed by atoms with E-state index < -0.39 is 0 Å². The van der Waals surface area contributed by atoms with Gasteiger partial charge in [-0.1, -0.05) is 12.1 Å². The molecule has 1 aromatic carbocycles. The van der Waals surface area contributed by atoms with Gasteiger partial charge in [-0.2, -0.15) is 0 Å². The highest BCUT2D eigenvalue weighted by Gasteiger charge is 2.00. The number of nitrogen functional groups attached to an aromatic ring is 1. The zero-order valence-electron chi connectivity index (χ0n) is 9.98. The highest BCUT2D eigenvalue weighted by molar-refractivity contribution is 5.69. The number of hydrogen-bond acceptors (Lipinski definition) is 3. The lowest BCUT2D eigenvalue weighted by Gasteiger charge is -2.10. The van der Waals surface area contributed by atoms with Crippen LogP contribution in [0.5, 0.6) is 0 Å². The molecular formula is C14H17N3. The molecule has 88 valence electrons. The van der Waals surface area contributed by atoms with Gasteiger partial charge in [0.15, 0.2) is 0 Å². The Morgan fingerprint density at radius 1 is 1.18 bits per heavy atom. The van der Waals surface area contributed by atoms with Crippen LogP contribution in [0.3, 0.4) is 0 Å². The van der Waals surface area contributed by atoms with E-state index in [0.29, 0.717) is 0 Å². The van der Waals surface area contributed by atoms with Crippen molar-refractivity contribution in [2.24, 2.45) is 0 Å². The van der Waals surface area contributed by atoms with Gasteiger partial charge in [-0.15, -0.1) is 0 Å². The molecule has 3 N–H and O–H groups in total. The number of nitrogens with zero attached hydrogens (tertiary/aromatic N) is 1. The molecule has 0 saturated carbocycles. The molecule has 1 heterocycles. The number of para-hydroxylation sites is 1. The van der Waals surface area contributed by atoms with Crippen LogP contribution in [0.25, 0.3) is 0 Å². The number of aryl methyl sites for hydroxylation is 1. The lowest BCUT2D eigenvalue weighted by molar-refractivity contribution is 1.01. The molecule has 0 amide bonds. The average molecular weight is 227 g/mol. The Bertz CT molecular complexity index is 480. The van der Waals surface area contributed by atoms with Gasteiger partial charge in [0.05, 0.1) is 11.4 Å². The molecule has 3 heteroatoms. The lowest BCUT2D eigenvalue weighted by atomic mass is 10.1. The summed E-state index contributed by atoms with van der Waals surface area (Å²) in [6.07, 6.45) is 4.60. The van der Waals surface area contributed by atoms with Crippen LogP contribution in [-0.4, -0.2) is 11.5 Å². The maximum absolute atomic E-state index is 5.99.